The highest BCUT2D eigenvalue weighted by Gasteiger charge is 2.29. The molecule has 0 unspecified atom stereocenters. The van der Waals surface area contributed by atoms with Crippen molar-refractivity contribution in [1.82, 2.24) is 4.90 Å². The fourth-order valence-electron chi connectivity index (χ4n) is 2.95. The zero-order valence-corrected chi connectivity index (χ0v) is 16.7. The average Bonchev–Trinajstić information content (AvgIpc) is 3.01. The molecule has 1 aliphatic heterocycles. The molecule has 1 saturated heterocycles. The molecule has 0 aliphatic carbocycles. The minimum atomic E-state index is -0.293. The number of hydrogen-bond acceptors (Lipinski definition) is 4. The first-order valence-electron chi connectivity index (χ1n) is 9.11. The van der Waals surface area contributed by atoms with Crippen LogP contribution in [0.25, 0.3) is 0 Å². The second-order valence-corrected chi connectivity index (χ2v) is 7.53. The van der Waals surface area contributed by atoms with E-state index in [9.17, 15) is 14.4 Å². The third-order valence-corrected chi connectivity index (χ3v) is 5.52. The van der Waals surface area contributed by atoms with Gasteiger partial charge in [-0.3, -0.25) is 19.3 Å². The monoisotopic (exact) mass is 394 g/mol. The van der Waals surface area contributed by atoms with Crippen molar-refractivity contribution in [2.24, 2.45) is 0 Å². The van der Waals surface area contributed by atoms with Gasteiger partial charge < -0.3 is 5.32 Å². The molecule has 0 bridgehead atoms. The summed E-state index contributed by atoms with van der Waals surface area (Å²) in [6.07, 6.45) is 2.32. The van der Waals surface area contributed by atoms with Gasteiger partial charge in [0.25, 0.3) is 0 Å². The Morgan fingerprint density at radius 3 is 2.71 bits per heavy atom. The summed E-state index contributed by atoms with van der Waals surface area (Å²) in [5.74, 6) is -0.410. The lowest BCUT2D eigenvalue weighted by molar-refractivity contribution is -0.129. The number of rotatable bonds is 6. The zero-order valence-electron chi connectivity index (χ0n) is 15.9. The van der Waals surface area contributed by atoms with Gasteiger partial charge in [0.2, 0.25) is 11.8 Å². The molecule has 0 spiro atoms. The molecule has 5 nitrogen and oxygen atoms in total. The van der Waals surface area contributed by atoms with E-state index < -0.39 is 0 Å². The van der Waals surface area contributed by atoms with E-state index in [2.05, 4.69) is 5.32 Å². The van der Waals surface area contributed by atoms with Gasteiger partial charge in [-0.15, -0.1) is 0 Å². The highest BCUT2D eigenvalue weighted by Crippen LogP contribution is 2.29. The second-order valence-electron chi connectivity index (χ2n) is 6.53. The Kier molecular flexibility index (Phi) is 6.31. The van der Waals surface area contributed by atoms with Gasteiger partial charge in [0.1, 0.15) is 6.54 Å². The van der Waals surface area contributed by atoms with Crippen LogP contribution < -0.4 is 5.32 Å². The first-order valence-corrected chi connectivity index (χ1v) is 10.1. The molecule has 28 heavy (non-hydrogen) atoms. The molecule has 144 valence electrons. The molecule has 0 aromatic heterocycles. The minimum Gasteiger partial charge on any atom is -0.325 e. The van der Waals surface area contributed by atoms with Crippen LogP contribution >= 0.6 is 11.8 Å². The normalized spacial score (nSPS) is 15.1. The first-order chi connectivity index (χ1) is 13.5. The fourth-order valence-corrected chi connectivity index (χ4v) is 3.89. The second kappa shape index (κ2) is 8.89. The van der Waals surface area contributed by atoms with Crippen molar-refractivity contribution in [3.8, 4) is 0 Å². The number of nitrogens with zero attached hydrogens (tertiary/aromatic N) is 1. The summed E-state index contributed by atoms with van der Waals surface area (Å²) in [6, 6.07) is 14.9. The number of benzene rings is 2. The quantitative estimate of drug-likeness (QED) is 0.598. The lowest BCUT2D eigenvalue weighted by Crippen LogP contribution is -2.34. The smallest absolute Gasteiger partial charge is 0.244 e. The van der Waals surface area contributed by atoms with E-state index >= 15 is 0 Å². The van der Waals surface area contributed by atoms with Gasteiger partial charge in [0.05, 0.1) is 10.8 Å². The molecule has 0 atom stereocenters. The van der Waals surface area contributed by atoms with Crippen LogP contribution in [-0.2, 0) is 16.0 Å². The molecular formula is C22H22N2O3S. The standard InChI is InChI=1S/C22H22N2O3S/c1-3-16-8-6-9-17(11-16)23-20(26)13-24-21(27)14-28-22(24)12-19(25)18-10-5-4-7-15(18)2/h4-12H,3,13-14H2,1-2H3,(H,23,26)/b22-12-. The van der Waals surface area contributed by atoms with Crippen LogP contribution in [0.4, 0.5) is 5.69 Å². The summed E-state index contributed by atoms with van der Waals surface area (Å²) in [7, 11) is 0. The molecule has 6 heteroatoms. The predicted octanol–water partition coefficient (Wildman–Crippen LogP) is 3.80. The number of aryl methyl sites for hydroxylation is 2. The van der Waals surface area contributed by atoms with Crippen molar-refractivity contribution >= 4 is 35.0 Å². The molecule has 1 aliphatic rings. The maximum atomic E-state index is 12.6. The summed E-state index contributed by atoms with van der Waals surface area (Å²) in [6.45, 7) is 3.80. The van der Waals surface area contributed by atoms with E-state index in [0.717, 1.165) is 17.5 Å². The maximum Gasteiger partial charge on any atom is 0.244 e. The highest BCUT2D eigenvalue weighted by molar-refractivity contribution is 8.04. The zero-order chi connectivity index (χ0) is 20.1. The molecule has 0 radical (unpaired) electrons. The van der Waals surface area contributed by atoms with Crippen LogP contribution in [0.5, 0.6) is 0 Å². The third-order valence-electron chi connectivity index (χ3n) is 4.50. The van der Waals surface area contributed by atoms with Gasteiger partial charge in [-0.05, 0) is 36.6 Å². The van der Waals surface area contributed by atoms with Crippen LogP contribution in [0, 0.1) is 6.92 Å². The Morgan fingerprint density at radius 2 is 1.96 bits per heavy atom. The van der Waals surface area contributed by atoms with Crippen molar-refractivity contribution < 1.29 is 14.4 Å². The molecule has 0 saturated carbocycles. The first kappa shape index (κ1) is 19.9. The number of ketones is 1. The number of allylic oxidation sites excluding steroid dienone is 1. The fraction of sp³-hybridized carbons (Fsp3) is 0.227. The van der Waals surface area contributed by atoms with E-state index in [1.165, 1.54) is 22.7 Å². The molecule has 2 aromatic rings. The molecule has 1 heterocycles. The van der Waals surface area contributed by atoms with Crippen LogP contribution in [0.1, 0.15) is 28.4 Å². The number of hydrogen-bond donors (Lipinski definition) is 1. The van der Waals surface area contributed by atoms with E-state index in [1.54, 1.807) is 12.1 Å². The molecule has 2 aromatic carbocycles. The van der Waals surface area contributed by atoms with Crippen molar-refractivity contribution in [3.63, 3.8) is 0 Å². The van der Waals surface area contributed by atoms with Crippen molar-refractivity contribution in [2.45, 2.75) is 20.3 Å². The van der Waals surface area contributed by atoms with Gasteiger partial charge in [-0.25, -0.2) is 0 Å². The lowest BCUT2D eigenvalue weighted by atomic mass is 10.1. The Balaban J connectivity index is 1.72. The third kappa shape index (κ3) is 4.70. The van der Waals surface area contributed by atoms with Gasteiger partial charge >= 0.3 is 0 Å². The van der Waals surface area contributed by atoms with Crippen LogP contribution in [0.2, 0.25) is 0 Å². The van der Waals surface area contributed by atoms with Gasteiger partial charge in [-0.2, -0.15) is 0 Å². The number of thioether (sulfide) groups is 1. The minimum absolute atomic E-state index is 0.116. The van der Waals surface area contributed by atoms with Crippen molar-refractivity contribution in [3.05, 3.63) is 76.3 Å². The molecular weight excluding hydrogens is 372 g/mol. The number of carbonyl (C=O) groups excluding carboxylic acids is 3. The van der Waals surface area contributed by atoms with Crippen LogP contribution in [-0.4, -0.2) is 34.8 Å². The summed E-state index contributed by atoms with van der Waals surface area (Å²) >= 11 is 1.28. The van der Waals surface area contributed by atoms with Crippen LogP contribution in [0.15, 0.2) is 59.6 Å². The average molecular weight is 394 g/mol. The topological polar surface area (TPSA) is 66.5 Å². The van der Waals surface area contributed by atoms with Gasteiger partial charge in [-0.1, -0.05) is 55.1 Å². The summed E-state index contributed by atoms with van der Waals surface area (Å²) in [4.78, 5) is 38.6. The van der Waals surface area contributed by atoms with Crippen molar-refractivity contribution in [1.29, 1.82) is 0 Å². The Labute approximate surface area is 168 Å². The predicted molar refractivity (Wildman–Crippen MR) is 112 cm³/mol. The van der Waals surface area contributed by atoms with Crippen molar-refractivity contribution in [2.75, 3.05) is 17.6 Å². The summed E-state index contributed by atoms with van der Waals surface area (Å²) < 4.78 is 0. The Morgan fingerprint density at radius 1 is 1.18 bits per heavy atom. The molecule has 1 fully saturated rings. The Bertz CT molecular complexity index is 952. The SMILES string of the molecule is CCc1cccc(NC(=O)CN2C(=O)CS/C2=C\C(=O)c2ccccc2C)c1. The summed E-state index contributed by atoms with van der Waals surface area (Å²) in [5.41, 5.74) is 3.29. The largest absolute Gasteiger partial charge is 0.325 e. The number of nitrogens with one attached hydrogen (secondary N) is 1. The highest BCUT2D eigenvalue weighted by atomic mass is 32.2. The number of amides is 2. The summed E-state index contributed by atoms with van der Waals surface area (Å²) in [5, 5.41) is 3.33. The van der Waals surface area contributed by atoms with E-state index in [1.807, 2.05) is 50.2 Å². The maximum absolute atomic E-state index is 12.6. The van der Waals surface area contributed by atoms with Gasteiger partial charge in [0, 0.05) is 17.3 Å². The van der Waals surface area contributed by atoms with E-state index in [0.29, 0.717) is 16.3 Å². The lowest BCUT2D eigenvalue weighted by Gasteiger charge is -2.17. The molecule has 1 N–H and O–H groups in total. The van der Waals surface area contributed by atoms with Gasteiger partial charge in [0.15, 0.2) is 5.78 Å². The molecule has 2 amide bonds. The Hall–Kier alpha value is -2.86. The van der Waals surface area contributed by atoms with E-state index in [4.69, 9.17) is 0 Å². The van der Waals surface area contributed by atoms with Crippen LogP contribution in [0.3, 0.4) is 0 Å². The number of carbonyl (C=O) groups is 3. The number of anilines is 1. The van der Waals surface area contributed by atoms with E-state index in [-0.39, 0.29) is 29.9 Å². The molecule has 3 rings (SSSR count).